The van der Waals surface area contributed by atoms with Crippen LogP contribution in [0, 0.1) is 23.4 Å². The van der Waals surface area contributed by atoms with Gasteiger partial charge in [0.25, 0.3) is 5.91 Å². The lowest BCUT2D eigenvalue weighted by atomic mass is 9.94. The van der Waals surface area contributed by atoms with Crippen molar-refractivity contribution in [2.75, 3.05) is 12.4 Å². The summed E-state index contributed by atoms with van der Waals surface area (Å²) in [6, 6.07) is 11.2. The molecule has 0 spiro atoms. The van der Waals surface area contributed by atoms with Gasteiger partial charge in [-0.2, -0.15) is 0 Å². The fourth-order valence-electron chi connectivity index (χ4n) is 4.26. The molecule has 1 aromatic heterocycles. The van der Waals surface area contributed by atoms with E-state index < -0.39 is 33.3 Å². The van der Waals surface area contributed by atoms with E-state index in [9.17, 15) is 22.2 Å². The topological polar surface area (TPSA) is 75.5 Å². The Hall–Kier alpha value is -3.37. The summed E-state index contributed by atoms with van der Waals surface area (Å²) in [4.78, 5) is 13.4. The van der Waals surface area contributed by atoms with Crippen LogP contribution in [0.4, 0.5) is 18.9 Å². The zero-order valence-corrected chi connectivity index (χ0v) is 20.9. The molecule has 2 unspecified atom stereocenters. The van der Waals surface area contributed by atoms with Gasteiger partial charge in [0.1, 0.15) is 15.6 Å². The van der Waals surface area contributed by atoms with Gasteiger partial charge in [-0.05, 0) is 24.3 Å². The fourth-order valence-corrected chi connectivity index (χ4v) is 6.13. The maximum Gasteiger partial charge on any atom is 0.272 e. The molecule has 3 atom stereocenters. The van der Waals surface area contributed by atoms with E-state index in [2.05, 4.69) is 33.5 Å². The van der Waals surface area contributed by atoms with Gasteiger partial charge in [0.15, 0.2) is 17.5 Å². The number of benzene rings is 2. The van der Waals surface area contributed by atoms with Gasteiger partial charge in [0.2, 0.25) is 0 Å². The van der Waals surface area contributed by atoms with Crippen LogP contribution in [-0.2, 0) is 23.4 Å². The van der Waals surface area contributed by atoms with Gasteiger partial charge in [-0.3, -0.25) is 4.79 Å². The average Bonchev–Trinajstić information content (AvgIpc) is 3.13. The molecule has 2 aromatic carbocycles. The van der Waals surface area contributed by atoms with E-state index in [0.717, 1.165) is 12.8 Å². The second-order valence-corrected chi connectivity index (χ2v) is 10.9. The molecule has 36 heavy (non-hydrogen) atoms. The average molecular weight is 517 g/mol. The minimum absolute atomic E-state index is 0.101. The molecule has 0 radical (unpaired) electrons. The van der Waals surface area contributed by atoms with Crippen LogP contribution in [0.3, 0.4) is 0 Å². The number of halogens is 3. The maximum absolute atomic E-state index is 13.9. The van der Waals surface area contributed by atoms with Crippen molar-refractivity contribution in [3.63, 3.8) is 0 Å². The molecule has 4 rings (SSSR count). The van der Waals surface area contributed by atoms with Crippen LogP contribution in [0.5, 0.6) is 0 Å². The number of nitrogens with one attached hydrogen (secondary N) is 2. The van der Waals surface area contributed by atoms with Crippen molar-refractivity contribution in [1.29, 1.82) is 0 Å². The number of rotatable bonds is 6. The van der Waals surface area contributed by atoms with Crippen LogP contribution in [-0.4, -0.2) is 27.8 Å². The molecular weight excluding hydrogens is 489 g/mol. The monoisotopic (exact) mass is 516 g/mol. The van der Waals surface area contributed by atoms with Crippen molar-refractivity contribution in [2.45, 2.75) is 30.7 Å². The molecule has 1 aliphatic heterocycles. The number of hydrogen-bond acceptors (Lipinski definition) is 3. The van der Waals surface area contributed by atoms with Crippen molar-refractivity contribution in [3.8, 4) is 0 Å². The highest BCUT2D eigenvalue weighted by molar-refractivity contribution is 7.91. The largest absolute Gasteiger partial charge is 0.345 e. The summed E-state index contributed by atoms with van der Waals surface area (Å²) in [6.07, 6.45) is 6.83. The second-order valence-electron chi connectivity index (χ2n) is 8.79. The standard InChI is InChI=1S/C26H27F3N4O2S/c1-16(9-10-17-7-5-4-6-8-17)22-12-11-19-23(36(35,30-2)32-22)15-33(3)25(19)26(34)31-18-13-20(27)24(29)21(28)14-18/h4-8,11-16,22H,9-10H2,1-3H3,(H,31,34)(H,30,32,35)/t16?,22-,36?/m1/s1. The summed E-state index contributed by atoms with van der Waals surface area (Å²) in [5, 5.41) is 2.40. The Morgan fingerprint density at radius 1 is 1.19 bits per heavy atom. The van der Waals surface area contributed by atoms with Gasteiger partial charge in [-0.15, -0.1) is 0 Å². The second kappa shape index (κ2) is 10.3. The van der Waals surface area contributed by atoms with Gasteiger partial charge in [0.05, 0.1) is 4.90 Å². The summed E-state index contributed by atoms with van der Waals surface area (Å²) >= 11 is 0. The zero-order chi connectivity index (χ0) is 26.0. The molecule has 0 aliphatic carbocycles. The van der Waals surface area contributed by atoms with Gasteiger partial charge in [-0.25, -0.2) is 26.5 Å². The maximum atomic E-state index is 13.9. The Balaban J connectivity index is 1.64. The fraction of sp³-hybridized carbons (Fsp3) is 0.269. The normalized spacial score (nSPS) is 19.9. The third-order valence-corrected chi connectivity index (χ3v) is 8.33. The number of aromatic nitrogens is 1. The van der Waals surface area contributed by atoms with Crippen LogP contribution >= 0.6 is 0 Å². The molecular formula is C26H27F3N4O2S. The van der Waals surface area contributed by atoms with Gasteiger partial charge >= 0.3 is 0 Å². The number of hydrogen-bond donors (Lipinski definition) is 2. The molecule has 0 saturated carbocycles. The predicted molar refractivity (Wildman–Crippen MR) is 134 cm³/mol. The third-order valence-electron chi connectivity index (χ3n) is 6.31. The number of carbonyl (C=O) groups is 1. The molecule has 0 bridgehead atoms. The molecule has 10 heteroatoms. The molecule has 6 nitrogen and oxygen atoms in total. The van der Waals surface area contributed by atoms with Crippen LogP contribution < -0.4 is 10.0 Å². The highest BCUT2D eigenvalue weighted by Crippen LogP contribution is 2.30. The van der Waals surface area contributed by atoms with E-state index >= 15 is 0 Å². The summed E-state index contributed by atoms with van der Waals surface area (Å²) in [5.74, 6) is -5.04. The first-order chi connectivity index (χ1) is 17.1. The van der Waals surface area contributed by atoms with E-state index in [1.807, 2.05) is 24.3 Å². The van der Waals surface area contributed by atoms with E-state index in [1.165, 1.54) is 17.2 Å². The zero-order valence-electron chi connectivity index (χ0n) is 20.1. The molecule has 0 saturated heterocycles. The molecule has 0 fully saturated rings. The number of nitrogens with zero attached hydrogens (tertiary/aromatic N) is 2. The van der Waals surface area contributed by atoms with Crippen LogP contribution in [0.25, 0.3) is 6.08 Å². The first-order valence-corrected chi connectivity index (χ1v) is 12.9. The predicted octanol–water partition coefficient (Wildman–Crippen LogP) is 5.32. The Bertz CT molecular complexity index is 1420. The smallest absolute Gasteiger partial charge is 0.272 e. The van der Waals surface area contributed by atoms with Crippen molar-refractivity contribution < 1.29 is 22.2 Å². The minimum atomic E-state index is -3.09. The number of fused-ring (bicyclic) bond motifs is 1. The summed E-state index contributed by atoms with van der Waals surface area (Å²) in [5.41, 5.74) is 1.48. The Kier molecular flexibility index (Phi) is 7.37. The summed E-state index contributed by atoms with van der Waals surface area (Å²) < 4.78 is 63.3. The third kappa shape index (κ3) is 5.10. The van der Waals surface area contributed by atoms with Gasteiger partial charge in [-0.1, -0.05) is 49.4 Å². The Morgan fingerprint density at radius 3 is 2.50 bits per heavy atom. The number of anilines is 1. The highest BCUT2D eigenvalue weighted by atomic mass is 32.2. The van der Waals surface area contributed by atoms with Gasteiger partial charge in [0, 0.05) is 49.7 Å². The quantitative estimate of drug-likeness (QED) is 0.435. The number of aryl methyl sites for hydroxylation is 2. The molecule has 1 amide bonds. The van der Waals surface area contributed by atoms with E-state index in [-0.39, 0.29) is 23.3 Å². The van der Waals surface area contributed by atoms with Crippen LogP contribution in [0.15, 0.2) is 64.0 Å². The molecule has 3 aromatic rings. The lowest BCUT2D eigenvalue weighted by Gasteiger charge is -2.23. The van der Waals surface area contributed by atoms with E-state index in [4.69, 9.17) is 0 Å². The van der Waals surface area contributed by atoms with Crippen molar-refractivity contribution in [1.82, 2.24) is 9.29 Å². The lowest BCUT2D eigenvalue weighted by molar-refractivity contribution is 0.101. The minimum Gasteiger partial charge on any atom is -0.345 e. The Morgan fingerprint density at radius 2 is 1.86 bits per heavy atom. The summed E-state index contributed by atoms with van der Waals surface area (Å²) in [7, 11) is -0.0388. The van der Waals surface area contributed by atoms with E-state index in [0.29, 0.717) is 22.6 Å². The van der Waals surface area contributed by atoms with E-state index in [1.54, 1.807) is 19.3 Å². The first-order valence-electron chi connectivity index (χ1n) is 11.4. The number of carbonyl (C=O) groups excluding carboxylic acids is 1. The number of amides is 1. The molecule has 2 N–H and O–H groups in total. The summed E-state index contributed by atoms with van der Waals surface area (Å²) in [6.45, 7) is 2.06. The molecule has 1 aliphatic rings. The van der Waals surface area contributed by atoms with Crippen molar-refractivity contribution >= 4 is 27.6 Å². The van der Waals surface area contributed by atoms with Crippen LogP contribution in [0.2, 0.25) is 0 Å². The van der Waals surface area contributed by atoms with Crippen molar-refractivity contribution in [2.24, 2.45) is 17.3 Å². The highest BCUT2D eigenvalue weighted by Gasteiger charge is 2.31. The first kappa shape index (κ1) is 25.7. The Labute approximate surface area is 208 Å². The SMILES string of the molecule is CN=S1(=O)N[C@@H](C(C)CCc2ccccc2)C=Cc2c1cn(C)c2C(=O)Nc1cc(F)c(F)c(F)c1. The van der Waals surface area contributed by atoms with Crippen molar-refractivity contribution in [3.05, 3.63) is 89.0 Å². The molecule has 2 heterocycles. The molecule has 190 valence electrons. The van der Waals surface area contributed by atoms with Crippen LogP contribution in [0.1, 0.15) is 35.0 Å². The lowest BCUT2D eigenvalue weighted by Crippen LogP contribution is -2.37. The van der Waals surface area contributed by atoms with Gasteiger partial charge < -0.3 is 9.88 Å².